The van der Waals surface area contributed by atoms with Crippen molar-refractivity contribution in [3.8, 4) is 0 Å². The lowest BCUT2D eigenvalue weighted by atomic mass is 9.96. The van der Waals surface area contributed by atoms with E-state index in [4.69, 9.17) is 4.74 Å². The molecular formula is C13H21NO. The number of methoxy groups -OCH3 is 1. The molecule has 0 spiro atoms. The smallest absolute Gasteiger partial charge is 0.0587 e. The molecule has 0 amide bonds. The summed E-state index contributed by atoms with van der Waals surface area (Å²) in [5.41, 5.74) is 1.35. The molecule has 0 radical (unpaired) electrons. The Morgan fingerprint density at radius 1 is 1.20 bits per heavy atom. The molecule has 15 heavy (non-hydrogen) atoms. The molecule has 0 aliphatic rings. The van der Waals surface area contributed by atoms with Crippen LogP contribution in [0.2, 0.25) is 0 Å². The van der Waals surface area contributed by atoms with Crippen LogP contribution in [0.15, 0.2) is 30.3 Å². The zero-order valence-electron chi connectivity index (χ0n) is 9.86. The van der Waals surface area contributed by atoms with Gasteiger partial charge in [-0.25, -0.2) is 0 Å². The Morgan fingerprint density at radius 3 is 2.40 bits per heavy atom. The van der Waals surface area contributed by atoms with Crippen molar-refractivity contribution in [2.24, 2.45) is 5.92 Å². The van der Waals surface area contributed by atoms with Gasteiger partial charge in [-0.05, 0) is 11.5 Å². The van der Waals surface area contributed by atoms with Crippen molar-refractivity contribution in [1.82, 2.24) is 5.32 Å². The summed E-state index contributed by atoms with van der Waals surface area (Å²) >= 11 is 0. The van der Waals surface area contributed by atoms with E-state index in [9.17, 15) is 0 Å². The van der Waals surface area contributed by atoms with Gasteiger partial charge >= 0.3 is 0 Å². The van der Waals surface area contributed by atoms with Crippen LogP contribution in [-0.4, -0.2) is 20.3 Å². The van der Waals surface area contributed by atoms with Crippen LogP contribution in [0.3, 0.4) is 0 Å². The third-order valence-corrected chi connectivity index (χ3v) is 2.50. The lowest BCUT2D eigenvalue weighted by Crippen LogP contribution is -2.28. The Labute approximate surface area is 92.6 Å². The number of ether oxygens (including phenoxy) is 1. The average Bonchev–Trinajstić information content (AvgIpc) is 2.25. The highest BCUT2D eigenvalue weighted by Gasteiger charge is 2.13. The highest BCUT2D eigenvalue weighted by atomic mass is 16.5. The Balaban J connectivity index is 2.58. The number of hydrogen-bond donors (Lipinski definition) is 1. The monoisotopic (exact) mass is 207 g/mol. The van der Waals surface area contributed by atoms with Crippen LogP contribution in [0.25, 0.3) is 0 Å². The molecule has 84 valence electrons. The van der Waals surface area contributed by atoms with E-state index < -0.39 is 0 Å². The van der Waals surface area contributed by atoms with Crippen LogP contribution in [-0.2, 0) is 4.74 Å². The van der Waals surface area contributed by atoms with Crippen LogP contribution in [0, 0.1) is 5.92 Å². The maximum atomic E-state index is 5.05. The molecule has 1 rings (SSSR count). The summed E-state index contributed by atoms with van der Waals surface area (Å²) in [5.74, 6) is 0.587. The molecule has 1 aromatic rings. The molecule has 0 fully saturated rings. The second-order valence-electron chi connectivity index (χ2n) is 4.08. The van der Waals surface area contributed by atoms with E-state index in [1.807, 2.05) is 0 Å². The first-order valence-electron chi connectivity index (χ1n) is 5.53. The van der Waals surface area contributed by atoms with Crippen molar-refractivity contribution in [3.63, 3.8) is 0 Å². The van der Waals surface area contributed by atoms with Gasteiger partial charge in [0.05, 0.1) is 6.61 Å². The van der Waals surface area contributed by atoms with E-state index in [-0.39, 0.29) is 0 Å². The quantitative estimate of drug-likeness (QED) is 0.724. The minimum Gasteiger partial charge on any atom is -0.383 e. The molecule has 0 aliphatic carbocycles. The third-order valence-electron chi connectivity index (χ3n) is 2.50. The molecule has 1 atom stereocenters. The van der Waals surface area contributed by atoms with Crippen LogP contribution >= 0.6 is 0 Å². The first-order valence-corrected chi connectivity index (χ1v) is 5.53. The molecule has 1 N–H and O–H groups in total. The van der Waals surface area contributed by atoms with Crippen molar-refractivity contribution in [2.75, 3.05) is 20.3 Å². The molecule has 0 saturated carbocycles. The van der Waals surface area contributed by atoms with Crippen molar-refractivity contribution in [1.29, 1.82) is 0 Å². The Bertz CT molecular complexity index is 258. The predicted octanol–water partition coefficient (Wildman–Crippen LogP) is 2.62. The fraction of sp³-hybridized carbons (Fsp3) is 0.538. The maximum absolute atomic E-state index is 5.05. The summed E-state index contributed by atoms with van der Waals surface area (Å²) in [5, 5.41) is 3.51. The van der Waals surface area contributed by atoms with E-state index in [1.54, 1.807) is 7.11 Å². The molecule has 0 bridgehead atoms. The van der Waals surface area contributed by atoms with Gasteiger partial charge in [-0.15, -0.1) is 0 Å². The molecule has 0 saturated heterocycles. The average molecular weight is 207 g/mol. The van der Waals surface area contributed by atoms with Gasteiger partial charge in [-0.2, -0.15) is 0 Å². The molecule has 0 aliphatic heterocycles. The van der Waals surface area contributed by atoms with Crippen molar-refractivity contribution < 1.29 is 4.74 Å². The highest BCUT2D eigenvalue weighted by molar-refractivity contribution is 5.19. The summed E-state index contributed by atoms with van der Waals surface area (Å²) in [6.07, 6.45) is 0. The molecule has 0 aromatic heterocycles. The van der Waals surface area contributed by atoms with E-state index in [0.29, 0.717) is 12.0 Å². The predicted molar refractivity (Wildman–Crippen MR) is 63.9 cm³/mol. The number of benzene rings is 1. The Hall–Kier alpha value is -0.860. The van der Waals surface area contributed by atoms with Crippen molar-refractivity contribution >= 4 is 0 Å². The van der Waals surface area contributed by atoms with Gasteiger partial charge in [-0.1, -0.05) is 44.2 Å². The molecule has 2 nitrogen and oxygen atoms in total. The second kappa shape index (κ2) is 6.59. The first-order chi connectivity index (χ1) is 7.25. The second-order valence-corrected chi connectivity index (χ2v) is 4.08. The van der Waals surface area contributed by atoms with E-state index in [0.717, 1.165) is 13.2 Å². The summed E-state index contributed by atoms with van der Waals surface area (Å²) in [6.45, 7) is 6.12. The largest absolute Gasteiger partial charge is 0.383 e. The molecule has 0 unspecified atom stereocenters. The Morgan fingerprint density at radius 2 is 1.87 bits per heavy atom. The standard InChI is InChI=1S/C13H21NO/c1-11(2)13(14-9-10-15-3)12-7-5-4-6-8-12/h4-8,11,13-14H,9-10H2,1-3H3/t13-/m1/s1. The van der Waals surface area contributed by atoms with Crippen LogP contribution in [0.4, 0.5) is 0 Å². The number of hydrogen-bond acceptors (Lipinski definition) is 2. The van der Waals surface area contributed by atoms with Gasteiger partial charge in [0.25, 0.3) is 0 Å². The zero-order valence-corrected chi connectivity index (χ0v) is 9.86. The van der Waals surface area contributed by atoms with E-state index in [1.165, 1.54) is 5.56 Å². The topological polar surface area (TPSA) is 21.3 Å². The summed E-state index contributed by atoms with van der Waals surface area (Å²) < 4.78 is 5.05. The Kier molecular flexibility index (Phi) is 5.37. The SMILES string of the molecule is COCCN[C@@H](c1ccccc1)C(C)C. The minimum absolute atomic E-state index is 0.418. The molecule has 1 aromatic carbocycles. The summed E-state index contributed by atoms with van der Waals surface area (Å²) in [7, 11) is 1.73. The van der Waals surface area contributed by atoms with Crippen molar-refractivity contribution in [2.45, 2.75) is 19.9 Å². The number of nitrogens with one attached hydrogen (secondary N) is 1. The van der Waals surface area contributed by atoms with E-state index >= 15 is 0 Å². The fourth-order valence-corrected chi connectivity index (χ4v) is 1.72. The maximum Gasteiger partial charge on any atom is 0.0587 e. The molecule has 0 heterocycles. The van der Waals surface area contributed by atoms with Crippen molar-refractivity contribution in [3.05, 3.63) is 35.9 Å². The number of rotatable bonds is 6. The van der Waals surface area contributed by atoms with Gasteiger partial charge in [0.2, 0.25) is 0 Å². The van der Waals surface area contributed by atoms with E-state index in [2.05, 4.69) is 49.5 Å². The van der Waals surface area contributed by atoms with Gasteiger partial charge in [0.1, 0.15) is 0 Å². The summed E-state index contributed by atoms with van der Waals surface area (Å²) in [4.78, 5) is 0. The van der Waals surface area contributed by atoms with Gasteiger partial charge in [0.15, 0.2) is 0 Å². The highest BCUT2D eigenvalue weighted by Crippen LogP contribution is 2.20. The van der Waals surface area contributed by atoms with Gasteiger partial charge < -0.3 is 10.1 Å². The lowest BCUT2D eigenvalue weighted by molar-refractivity contribution is 0.192. The molecule has 2 heteroatoms. The van der Waals surface area contributed by atoms with Gasteiger partial charge in [-0.3, -0.25) is 0 Å². The first kappa shape index (κ1) is 12.2. The van der Waals surface area contributed by atoms with Crippen LogP contribution in [0.1, 0.15) is 25.5 Å². The lowest BCUT2D eigenvalue weighted by Gasteiger charge is -2.22. The third kappa shape index (κ3) is 4.02. The van der Waals surface area contributed by atoms with Crippen LogP contribution in [0.5, 0.6) is 0 Å². The normalized spacial score (nSPS) is 13.1. The minimum atomic E-state index is 0.418. The molecular weight excluding hydrogens is 186 g/mol. The van der Waals surface area contributed by atoms with Crippen LogP contribution < -0.4 is 5.32 Å². The zero-order chi connectivity index (χ0) is 11.1. The summed E-state index contributed by atoms with van der Waals surface area (Å²) in [6, 6.07) is 11.0. The fourth-order valence-electron chi connectivity index (χ4n) is 1.72. The van der Waals surface area contributed by atoms with Gasteiger partial charge in [0, 0.05) is 19.7 Å².